The van der Waals surface area contributed by atoms with Gasteiger partial charge in [-0.15, -0.1) is 0 Å². The summed E-state index contributed by atoms with van der Waals surface area (Å²) in [4.78, 5) is 35.5. The summed E-state index contributed by atoms with van der Waals surface area (Å²) in [7, 11) is 0. The molecular weight excluding hydrogens is 320 g/mol. The fourth-order valence-electron chi connectivity index (χ4n) is 3.56. The molecular formula is C19H22N2O4. The summed E-state index contributed by atoms with van der Waals surface area (Å²) in [6.07, 6.45) is 2.57. The molecule has 0 bridgehead atoms. The number of para-hydroxylation sites is 1. The highest BCUT2D eigenvalue weighted by Crippen LogP contribution is 2.24. The first-order valence-electron chi connectivity index (χ1n) is 8.57. The molecule has 0 unspecified atom stereocenters. The average molecular weight is 342 g/mol. The molecule has 132 valence electrons. The van der Waals surface area contributed by atoms with Crippen LogP contribution in [0, 0.1) is 12.8 Å². The first-order chi connectivity index (χ1) is 12.0. The summed E-state index contributed by atoms with van der Waals surface area (Å²) in [5.74, 6) is -1.16. The van der Waals surface area contributed by atoms with Gasteiger partial charge < -0.3 is 15.0 Å². The van der Waals surface area contributed by atoms with E-state index in [0.29, 0.717) is 31.1 Å². The average Bonchev–Trinajstić information content (AvgIpc) is 2.59. The molecule has 2 N–H and O–H groups in total. The molecule has 25 heavy (non-hydrogen) atoms. The zero-order chi connectivity index (χ0) is 18.0. The van der Waals surface area contributed by atoms with Gasteiger partial charge in [0.05, 0.1) is 11.4 Å². The Hall–Kier alpha value is -2.63. The zero-order valence-corrected chi connectivity index (χ0v) is 14.2. The number of carbonyl (C=O) groups is 2. The van der Waals surface area contributed by atoms with Gasteiger partial charge in [-0.2, -0.15) is 0 Å². The fraction of sp³-hybridized carbons (Fsp3) is 0.421. The van der Waals surface area contributed by atoms with Crippen molar-refractivity contribution in [2.75, 3.05) is 0 Å². The van der Waals surface area contributed by atoms with E-state index in [1.54, 1.807) is 12.1 Å². The summed E-state index contributed by atoms with van der Waals surface area (Å²) in [6.45, 7) is 1.96. The summed E-state index contributed by atoms with van der Waals surface area (Å²) in [5, 5.41) is 12.6. The predicted molar refractivity (Wildman–Crippen MR) is 94.5 cm³/mol. The van der Waals surface area contributed by atoms with Gasteiger partial charge in [-0.3, -0.25) is 14.4 Å². The fourth-order valence-corrected chi connectivity index (χ4v) is 3.56. The minimum Gasteiger partial charge on any atom is -0.481 e. The van der Waals surface area contributed by atoms with E-state index in [1.807, 2.05) is 29.7 Å². The summed E-state index contributed by atoms with van der Waals surface area (Å²) < 4.78 is 1.84. The second-order valence-electron chi connectivity index (χ2n) is 6.71. The van der Waals surface area contributed by atoms with E-state index in [9.17, 15) is 14.4 Å². The molecule has 1 saturated carbocycles. The molecule has 1 fully saturated rings. The Morgan fingerprint density at radius 2 is 1.88 bits per heavy atom. The van der Waals surface area contributed by atoms with Crippen LogP contribution in [-0.4, -0.2) is 27.6 Å². The molecule has 6 heteroatoms. The number of aromatic nitrogens is 1. The molecule has 0 radical (unpaired) electrons. The predicted octanol–water partition coefficient (Wildman–Crippen LogP) is 2.07. The van der Waals surface area contributed by atoms with E-state index in [1.165, 1.54) is 0 Å². The van der Waals surface area contributed by atoms with Crippen molar-refractivity contribution in [3.63, 3.8) is 0 Å². The van der Waals surface area contributed by atoms with Gasteiger partial charge in [0.15, 0.2) is 5.43 Å². The van der Waals surface area contributed by atoms with E-state index in [4.69, 9.17) is 5.11 Å². The number of benzene rings is 1. The lowest BCUT2D eigenvalue weighted by Crippen LogP contribution is -2.40. The van der Waals surface area contributed by atoms with Gasteiger partial charge in [0.2, 0.25) is 5.91 Å². The zero-order valence-electron chi connectivity index (χ0n) is 14.2. The lowest BCUT2D eigenvalue weighted by atomic mass is 9.86. The van der Waals surface area contributed by atoms with Crippen molar-refractivity contribution in [2.24, 2.45) is 5.92 Å². The molecule has 0 spiro atoms. The van der Waals surface area contributed by atoms with E-state index in [2.05, 4.69) is 5.32 Å². The Balaban J connectivity index is 1.71. The second kappa shape index (κ2) is 7.09. The van der Waals surface area contributed by atoms with E-state index >= 15 is 0 Å². The monoisotopic (exact) mass is 342 g/mol. The Morgan fingerprint density at radius 1 is 1.20 bits per heavy atom. The number of carbonyl (C=O) groups excluding carboxylic acids is 1. The van der Waals surface area contributed by atoms with Gasteiger partial charge in [0, 0.05) is 23.2 Å². The first kappa shape index (κ1) is 17.2. The number of nitrogens with one attached hydrogen (secondary N) is 1. The molecule has 0 aliphatic heterocycles. The quantitative estimate of drug-likeness (QED) is 0.890. The Bertz CT molecular complexity index is 863. The number of rotatable bonds is 4. The van der Waals surface area contributed by atoms with Gasteiger partial charge in [-0.05, 0) is 44.7 Å². The van der Waals surface area contributed by atoms with Crippen LogP contribution in [0.3, 0.4) is 0 Å². The van der Waals surface area contributed by atoms with Crippen molar-refractivity contribution in [3.8, 4) is 0 Å². The van der Waals surface area contributed by atoms with Crippen LogP contribution < -0.4 is 10.7 Å². The smallest absolute Gasteiger partial charge is 0.306 e. The lowest BCUT2D eigenvalue weighted by Gasteiger charge is -2.27. The molecule has 0 atom stereocenters. The highest BCUT2D eigenvalue weighted by molar-refractivity contribution is 5.82. The summed E-state index contributed by atoms with van der Waals surface area (Å²) in [5.41, 5.74) is 1.45. The number of carboxylic acid groups (broad SMARTS) is 1. The van der Waals surface area contributed by atoms with Crippen molar-refractivity contribution < 1.29 is 14.7 Å². The van der Waals surface area contributed by atoms with E-state index in [-0.39, 0.29) is 29.8 Å². The second-order valence-corrected chi connectivity index (χ2v) is 6.71. The van der Waals surface area contributed by atoms with Crippen LogP contribution in [0.4, 0.5) is 0 Å². The van der Waals surface area contributed by atoms with Gasteiger partial charge in [-0.1, -0.05) is 12.1 Å². The molecule has 1 aromatic heterocycles. The van der Waals surface area contributed by atoms with Crippen molar-refractivity contribution in [2.45, 2.75) is 45.2 Å². The third-order valence-electron chi connectivity index (χ3n) is 4.97. The molecule has 3 rings (SSSR count). The summed E-state index contributed by atoms with van der Waals surface area (Å²) >= 11 is 0. The molecule has 6 nitrogen and oxygen atoms in total. The Kier molecular flexibility index (Phi) is 4.88. The molecule has 1 aliphatic carbocycles. The number of nitrogens with zero attached hydrogens (tertiary/aromatic N) is 1. The molecule has 1 heterocycles. The van der Waals surface area contributed by atoms with Gasteiger partial charge in [0.25, 0.3) is 0 Å². The van der Waals surface area contributed by atoms with Gasteiger partial charge >= 0.3 is 5.97 Å². The highest BCUT2D eigenvalue weighted by atomic mass is 16.4. The molecule has 1 aromatic carbocycles. The minimum absolute atomic E-state index is 0.0223. The number of carboxylic acids is 1. The molecule has 0 saturated heterocycles. The van der Waals surface area contributed by atoms with Crippen LogP contribution in [0.25, 0.3) is 10.9 Å². The van der Waals surface area contributed by atoms with Crippen LogP contribution in [0.5, 0.6) is 0 Å². The van der Waals surface area contributed by atoms with E-state index < -0.39 is 5.97 Å². The number of amides is 1. The maximum absolute atomic E-state index is 12.5. The number of fused-ring (bicyclic) bond motifs is 1. The maximum atomic E-state index is 12.5. The first-order valence-corrected chi connectivity index (χ1v) is 8.57. The minimum atomic E-state index is -0.750. The number of hydrogen-bond donors (Lipinski definition) is 2. The van der Waals surface area contributed by atoms with Crippen LogP contribution >= 0.6 is 0 Å². The van der Waals surface area contributed by atoms with Crippen molar-refractivity contribution >= 4 is 22.8 Å². The molecule has 1 aliphatic rings. The standard InChI is InChI=1S/C19H22N2O4/c1-12-10-17(22)15-4-2-3-5-16(15)21(12)11-18(23)20-14-8-6-13(7-9-14)19(24)25/h2-5,10,13-14H,6-9,11H2,1H3,(H,20,23)(H,24,25). The van der Waals surface area contributed by atoms with Crippen LogP contribution in [-0.2, 0) is 16.1 Å². The van der Waals surface area contributed by atoms with Crippen LogP contribution in [0.15, 0.2) is 35.1 Å². The normalized spacial score (nSPS) is 20.4. The van der Waals surface area contributed by atoms with Crippen molar-refractivity contribution in [1.82, 2.24) is 9.88 Å². The van der Waals surface area contributed by atoms with Crippen molar-refractivity contribution in [1.29, 1.82) is 0 Å². The third-order valence-corrected chi connectivity index (χ3v) is 4.97. The summed E-state index contributed by atoms with van der Waals surface area (Å²) in [6, 6.07) is 8.84. The third kappa shape index (κ3) is 3.73. The van der Waals surface area contributed by atoms with Crippen LogP contribution in [0.2, 0.25) is 0 Å². The lowest BCUT2D eigenvalue weighted by molar-refractivity contribution is -0.142. The largest absolute Gasteiger partial charge is 0.481 e. The van der Waals surface area contributed by atoms with Crippen molar-refractivity contribution in [3.05, 3.63) is 46.2 Å². The Labute approximate surface area is 145 Å². The maximum Gasteiger partial charge on any atom is 0.306 e. The number of aliphatic carboxylic acids is 1. The van der Waals surface area contributed by atoms with Gasteiger partial charge in [-0.25, -0.2) is 0 Å². The molecule has 1 amide bonds. The molecule has 2 aromatic rings. The Morgan fingerprint density at radius 3 is 2.56 bits per heavy atom. The number of hydrogen-bond acceptors (Lipinski definition) is 3. The van der Waals surface area contributed by atoms with Gasteiger partial charge in [0.1, 0.15) is 6.54 Å². The van der Waals surface area contributed by atoms with E-state index in [0.717, 1.165) is 11.2 Å². The van der Waals surface area contributed by atoms with Crippen LogP contribution in [0.1, 0.15) is 31.4 Å². The topological polar surface area (TPSA) is 88.4 Å². The SMILES string of the molecule is Cc1cc(=O)c2ccccc2n1CC(=O)NC1CCC(C(=O)O)CC1. The number of pyridine rings is 1. The highest BCUT2D eigenvalue weighted by Gasteiger charge is 2.26. The number of aryl methyl sites for hydroxylation is 1.